The van der Waals surface area contributed by atoms with Crippen LogP contribution in [0.5, 0.6) is 0 Å². The highest BCUT2D eigenvalue weighted by Gasteiger charge is 2.25. The number of carbonyl (C=O) groups is 2. The Labute approximate surface area is 146 Å². The van der Waals surface area contributed by atoms with E-state index in [2.05, 4.69) is 16.9 Å². The van der Waals surface area contributed by atoms with Gasteiger partial charge in [-0.15, -0.1) is 17.9 Å². The highest BCUT2D eigenvalue weighted by Crippen LogP contribution is 2.22. The number of likely N-dealkylation sites (N-methyl/N-ethyl adjacent to an activating group) is 1. The van der Waals surface area contributed by atoms with Crippen LogP contribution in [0.2, 0.25) is 0 Å². The molecule has 0 unspecified atom stereocenters. The molecular weight excluding hydrogens is 326 g/mol. The second-order valence-corrected chi connectivity index (χ2v) is 6.61. The second kappa shape index (κ2) is 9.42. The number of nitrogens with one attached hydrogen (secondary N) is 1. The van der Waals surface area contributed by atoms with Crippen LogP contribution in [0.1, 0.15) is 49.5 Å². The van der Waals surface area contributed by atoms with E-state index in [4.69, 9.17) is 4.74 Å². The van der Waals surface area contributed by atoms with Crippen LogP contribution in [0.25, 0.3) is 0 Å². The molecule has 2 rings (SSSR count). The number of thiazole rings is 1. The molecule has 6 nitrogen and oxygen atoms in total. The van der Waals surface area contributed by atoms with Crippen molar-refractivity contribution in [3.05, 3.63) is 23.7 Å². The van der Waals surface area contributed by atoms with Crippen molar-refractivity contribution in [1.29, 1.82) is 0 Å². The maximum atomic E-state index is 12.4. The lowest BCUT2D eigenvalue weighted by Gasteiger charge is -2.33. The van der Waals surface area contributed by atoms with Crippen molar-refractivity contribution < 1.29 is 14.3 Å². The Balaban J connectivity index is 1.84. The van der Waals surface area contributed by atoms with E-state index >= 15 is 0 Å². The molecule has 0 saturated heterocycles. The van der Waals surface area contributed by atoms with Crippen LogP contribution in [0.4, 0.5) is 5.13 Å². The first-order valence-electron chi connectivity index (χ1n) is 8.42. The first-order valence-corrected chi connectivity index (χ1v) is 9.30. The highest BCUT2D eigenvalue weighted by atomic mass is 32.1. The summed E-state index contributed by atoms with van der Waals surface area (Å²) in [5.41, 5.74) is 0.222. The topological polar surface area (TPSA) is 71.5 Å². The van der Waals surface area contributed by atoms with E-state index in [9.17, 15) is 9.59 Å². The molecule has 7 heteroatoms. The summed E-state index contributed by atoms with van der Waals surface area (Å²) in [7, 11) is 0. The van der Waals surface area contributed by atoms with Gasteiger partial charge in [0.25, 0.3) is 5.91 Å². The molecule has 0 aromatic carbocycles. The van der Waals surface area contributed by atoms with E-state index in [0.717, 1.165) is 25.7 Å². The maximum absolute atomic E-state index is 12.4. The van der Waals surface area contributed by atoms with Crippen LogP contribution in [-0.4, -0.2) is 47.5 Å². The standard InChI is InChI=1S/C17H25N3O3S/c1-3-10-18-17-19-14(12-24-17)16(22)23-11-15(21)20(4-2)13-8-6-5-7-9-13/h3,12-13H,1,4-11H2,2H3,(H,18,19). The highest BCUT2D eigenvalue weighted by molar-refractivity contribution is 7.13. The molecule has 1 amide bonds. The van der Waals surface area contributed by atoms with Gasteiger partial charge in [0.15, 0.2) is 17.4 Å². The molecule has 1 saturated carbocycles. The quantitative estimate of drug-likeness (QED) is 0.576. The Morgan fingerprint density at radius 1 is 1.46 bits per heavy atom. The SMILES string of the molecule is C=CCNc1nc(C(=O)OCC(=O)N(CC)C2CCCCC2)cs1. The van der Waals surface area contributed by atoms with Crippen molar-refractivity contribution in [2.75, 3.05) is 25.0 Å². The van der Waals surface area contributed by atoms with Gasteiger partial charge < -0.3 is 15.0 Å². The molecule has 0 radical (unpaired) electrons. The van der Waals surface area contributed by atoms with E-state index in [1.165, 1.54) is 17.8 Å². The Kier molecular flexibility index (Phi) is 7.24. The maximum Gasteiger partial charge on any atom is 0.358 e. The minimum Gasteiger partial charge on any atom is -0.451 e. The van der Waals surface area contributed by atoms with Crippen LogP contribution in [-0.2, 0) is 9.53 Å². The van der Waals surface area contributed by atoms with Crippen molar-refractivity contribution in [3.63, 3.8) is 0 Å². The fourth-order valence-corrected chi connectivity index (χ4v) is 3.61. The molecule has 1 N–H and O–H groups in total. The van der Waals surface area contributed by atoms with Crippen molar-refractivity contribution in [1.82, 2.24) is 9.88 Å². The van der Waals surface area contributed by atoms with E-state index in [1.54, 1.807) is 11.5 Å². The average molecular weight is 351 g/mol. The van der Waals surface area contributed by atoms with Crippen molar-refractivity contribution in [2.24, 2.45) is 0 Å². The predicted octanol–water partition coefficient (Wildman–Crippen LogP) is 3.08. The zero-order valence-corrected chi connectivity index (χ0v) is 14.9. The number of rotatable bonds is 8. The van der Waals surface area contributed by atoms with Gasteiger partial charge in [0.1, 0.15) is 0 Å². The third-order valence-corrected chi connectivity index (χ3v) is 4.91. The Morgan fingerprint density at radius 3 is 2.88 bits per heavy atom. The van der Waals surface area contributed by atoms with E-state index in [-0.39, 0.29) is 24.2 Å². The first-order chi connectivity index (χ1) is 11.7. The number of nitrogens with zero attached hydrogens (tertiary/aromatic N) is 2. The van der Waals surface area contributed by atoms with E-state index < -0.39 is 5.97 Å². The van der Waals surface area contributed by atoms with Gasteiger partial charge in [-0.2, -0.15) is 0 Å². The molecule has 1 aliphatic carbocycles. The number of ether oxygens (including phenoxy) is 1. The predicted molar refractivity (Wildman–Crippen MR) is 95.3 cm³/mol. The minimum atomic E-state index is -0.564. The van der Waals surface area contributed by atoms with Gasteiger partial charge in [-0.25, -0.2) is 9.78 Å². The summed E-state index contributed by atoms with van der Waals surface area (Å²) in [5, 5.41) is 5.26. The summed E-state index contributed by atoms with van der Waals surface area (Å²) in [4.78, 5) is 30.4. The van der Waals surface area contributed by atoms with Gasteiger partial charge in [0.2, 0.25) is 0 Å². The van der Waals surface area contributed by atoms with Crippen molar-refractivity contribution in [3.8, 4) is 0 Å². The number of hydrogen-bond donors (Lipinski definition) is 1. The smallest absolute Gasteiger partial charge is 0.358 e. The van der Waals surface area contributed by atoms with Gasteiger partial charge >= 0.3 is 5.97 Å². The zero-order valence-electron chi connectivity index (χ0n) is 14.1. The summed E-state index contributed by atoms with van der Waals surface area (Å²) >= 11 is 1.32. The number of anilines is 1. The molecule has 24 heavy (non-hydrogen) atoms. The third kappa shape index (κ3) is 5.06. The molecule has 1 heterocycles. The van der Waals surface area contributed by atoms with Gasteiger partial charge in [0, 0.05) is 24.5 Å². The number of amides is 1. The van der Waals surface area contributed by atoms with E-state index in [0.29, 0.717) is 18.2 Å². The van der Waals surface area contributed by atoms with Crippen LogP contribution in [0.15, 0.2) is 18.0 Å². The van der Waals surface area contributed by atoms with Crippen molar-refractivity contribution >= 4 is 28.3 Å². The van der Waals surface area contributed by atoms with Gasteiger partial charge in [-0.05, 0) is 19.8 Å². The van der Waals surface area contributed by atoms with Crippen LogP contribution in [0, 0.1) is 0 Å². The minimum absolute atomic E-state index is 0.127. The summed E-state index contributed by atoms with van der Waals surface area (Å²) in [5.74, 6) is -0.691. The molecule has 1 fully saturated rings. The Hall–Kier alpha value is -1.89. The summed E-state index contributed by atoms with van der Waals surface area (Å²) in [6, 6.07) is 0.281. The molecular formula is C17H25N3O3S. The lowest BCUT2D eigenvalue weighted by Crippen LogP contribution is -2.43. The molecule has 0 spiro atoms. The summed E-state index contributed by atoms with van der Waals surface area (Å²) in [6.45, 7) is 6.57. The summed E-state index contributed by atoms with van der Waals surface area (Å²) in [6.07, 6.45) is 7.35. The Bertz CT molecular complexity index is 567. The largest absolute Gasteiger partial charge is 0.451 e. The zero-order chi connectivity index (χ0) is 17.4. The monoisotopic (exact) mass is 351 g/mol. The first kappa shape index (κ1) is 18.4. The number of aromatic nitrogens is 1. The third-order valence-electron chi connectivity index (χ3n) is 4.11. The number of carbonyl (C=O) groups excluding carboxylic acids is 2. The van der Waals surface area contributed by atoms with Crippen LogP contribution >= 0.6 is 11.3 Å². The van der Waals surface area contributed by atoms with Gasteiger partial charge in [-0.3, -0.25) is 4.79 Å². The molecule has 132 valence electrons. The molecule has 1 aromatic rings. The molecule has 1 aliphatic rings. The average Bonchev–Trinajstić information content (AvgIpc) is 3.08. The molecule has 0 bridgehead atoms. The Morgan fingerprint density at radius 2 is 2.21 bits per heavy atom. The van der Waals surface area contributed by atoms with Crippen molar-refractivity contribution in [2.45, 2.75) is 45.1 Å². The number of hydrogen-bond acceptors (Lipinski definition) is 6. The molecule has 0 aliphatic heterocycles. The fourth-order valence-electron chi connectivity index (χ4n) is 2.92. The number of esters is 1. The van der Waals surface area contributed by atoms with Gasteiger partial charge in [-0.1, -0.05) is 25.3 Å². The van der Waals surface area contributed by atoms with Crippen LogP contribution < -0.4 is 5.32 Å². The molecule has 0 atom stereocenters. The summed E-state index contributed by atoms with van der Waals surface area (Å²) < 4.78 is 5.15. The van der Waals surface area contributed by atoms with E-state index in [1.807, 2.05) is 11.8 Å². The lowest BCUT2D eigenvalue weighted by molar-refractivity contribution is -0.137. The second-order valence-electron chi connectivity index (χ2n) is 5.76. The van der Waals surface area contributed by atoms with Gasteiger partial charge in [0.05, 0.1) is 0 Å². The van der Waals surface area contributed by atoms with Crippen LogP contribution in [0.3, 0.4) is 0 Å². The normalized spacial score (nSPS) is 14.9. The molecule has 1 aromatic heterocycles. The fraction of sp³-hybridized carbons (Fsp3) is 0.588. The lowest BCUT2D eigenvalue weighted by atomic mass is 9.94.